The summed E-state index contributed by atoms with van der Waals surface area (Å²) in [5.41, 5.74) is 1.13. The van der Waals surface area contributed by atoms with Crippen molar-refractivity contribution in [2.75, 3.05) is 0 Å². The third-order valence-electron chi connectivity index (χ3n) is 2.96. The standard InChI is InChI=1S/C11H13NO2/c1-11(2)8-6-4-3-5-7(8)9(13)12-10(11)14/h3,5H,4,6H2,1-2H3,(H,12,13,14). The highest BCUT2D eigenvalue weighted by Gasteiger charge is 2.40. The Labute approximate surface area is 82.9 Å². The summed E-state index contributed by atoms with van der Waals surface area (Å²) in [6.07, 6.45) is 5.54. The number of carbonyl (C=O) groups excluding carboxylic acids is 2. The molecule has 0 aromatic rings. The quantitative estimate of drug-likeness (QED) is 0.587. The lowest BCUT2D eigenvalue weighted by atomic mass is 9.74. The molecule has 0 aromatic carbocycles. The minimum Gasteiger partial charge on any atom is -0.292 e. The van der Waals surface area contributed by atoms with Crippen LogP contribution in [-0.4, -0.2) is 11.8 Å². The molecule has 3 heteroatoms. The van der Waals surface area contributed by atoms with Gasteiger partial charge in [-0.1, -0.05) is 12.2 Å². The van der Waals surface area contributed by atoms with Crippen molar-refractivity contribution in [3.63, 3.8) is 0 Å². The number of carbonyl (C=O) groups is 2. The molecule has 0 atom stereocenters. The van der Waals surface area contributed by atoms with Crippen molar-refractivity contribution in [2.45, 2.75) is 26.7 Å². The zero-order valence-electron chi connectivity index (χ0n) is 8.39. The number of nitrogens with one attached hydrogen (secondary N) is 1. The number of amides is 2. The summed E-state index contributed by atoms with van der Waals surface area (Å²) in [5.74, 6) is -0.433. The van der Waals surface area contributed by atoms with Gasteiger partial charge in [0.1, 0.15) is 0 Å². The lowest BCUT2D eigenvalue weighted by Crippen LogP contribution is -2.47. The summed E-state index contributed by atoms with van der Waals surface area (Å²) in [6, 6.07) is 0. The van der Waals surface area contributed by atoms with E-state index < -0.39 is 5.41 Å². The summed E-state index contributed by atoms with van der Waals surface area (Å²) in [5, 5.41) is 2.38. The highest BCUT2D eigenvalue weighted by atomic mass is 16.2. The first-order chi connectivity index (χ1) is 6.53. The number of hydrogen-bond acceptors (Lipinski definition) is 2. The van der Waals surface area contributed by atoms with Crippen LogP contribution >= 0.6 is 0 Å². The summed E-state index contributed by atoms with van der Waals surface area (Å²) in [6.45, 7) is 3.73. The maximum absolute atomic E-state index is 11.6. The first kappa shape index (κ1) is 9.19. The van der Waals surface area contributed by atoms with Crippen LogP contribution < -0.4 is 5.32 Å². The van der Waals surface area contributed by atoms with E-state index in [0.29, 0.717) is 5.57 Å². The van der Waals surface area contributed by atoms with Crippen molar-refractivity contribution in [2.24, 2.45) is 5.41 Å². The molecule has 14 heavy (non-hydrogen) atoms. The predicted molar refractivity (Wildman–Crippen MR) is 52.3 cm³/mol. The lowest BCUT2D eigenvalue weighted by Gasteiger charge is -2.33. The first-order valence-electron chi connectivity index (χ1n) is 4.79. The van der Waals surface area contributed by atoms with Crippen molar-refractivity contribution in [1.82, 2.24) is 5.32 Å². The third-order valence-corrected chi connectivity index (χ3v) is 2.96. The summed E-state index contributed by atoms with van der Waals surface area (Å²) in [7, 11) is 0. The molecular weight excluding hydrogens is 178 g/mol. The van der Waals surface area contributed by atoms with E-state index in [1.807, 2.05) is 26.0 Å². The maximum Gasteiger partial charge on any atom is 0.257 e. The van der Waals surface area contributed by atoms with E-state index in [9.17, 15) is 9.59 Å². The molecule has 1 N–H and O–H groups in total. The van der Waals surface area contributed by atoms with Crippen LogP contribution in [0.25, 0.3) is 0 Å². The second kappa shape index (κ2) is 2.80. The molecule has 0 bridgehead atoms. The van der Waals surface area contributed by atoms with Crippen molar-refractivity contribution >= 4 is 11.8 Å². The molecule has 0 saturated heterocycles. The summed E-state index contributed by atoms with van der Waals surface area (Å²) < 4.78 is 0. The van der Waals surface area contributed by atoms with E-state index in [1.54, 1.807) is 0 Å². The van der Waals surface area contributed by atoms with Gasteiger partial charge in [-0.2, -0.15) is 0 Å². The van der Waals surface area contributed by atoms with Gasteiger partial charge in [-0.15, -0.1) is 0 Å². The van der Waals surface area contributed by atoms with E-state index in [2.05, 4.69) is 5.32 Å². The normalized spacial score (nSPS) is 24.7. The Morgan fingerprint density at radius 2 is 2.07 bits per heavy atom. The van der Waals surface area contributed by atoms with Crippen LogP contribution in [0.2, 0.25) is 0 Å². The molecule has 1 aliphatic carbocycles. The zero-order valence-corrected chi connectivity index (χ0v) is 8.39. The highest BCUT2D eigenvalue weighted by molar-refractivity contribution is 6.12. The van der Waals surface area contributed by atoms with Gasteiger partial charge >= 0.3 is 0 Å². The van der Waals surface area contributed by atoms with E-state index in [1.165, 1.54) is 0 Å². The van der Waals surface area contributed by atoms with Gasteiger partial charge in [0.25, 0.3) is 5.91 Å². The Kier molecular flexibility index (Phi) is 1.84. The van der Waals surface area contributed by atoms with Gasteiger partial charge in [0.15, 0.2) is 0 Å². The Hall–Kier alpha value is -1.38. The van der Waals surface area contributed by atoms with E-state index >= 15 is 0 Å². The van der Waals surface area contributed by atoms with E-state index in [-0.39, 0.29) is 11.8 Å². The van der Waals surface area contributed by atoms with Crippen LogP contribution in [0.1, 0.15) is 26.7 Å². The zero-order chi connectivity index (χ0) is 10.3. The lowest BCUT2D eigenvalue weighted by molar-refractivity contribution is -0.134. The Morgan fingerprint density at radius 3 is 2.79 bits per heavy atom. The third kappa shape index (κ3) is 1.12. The van der Waals surface area contributed by atoms with Gasteiger partial charge < -0.3 is 0 Å². The van der Waals surface area contributed by atoms with Crippen LogP contribution in [0, 0.1) is 5.41 Å². The van der Waals surface area contributed by atoms with Crippen molar-refractivity contribution in [3.05, 3.63) is 23.3 Å². The Balaban J connectivity index is 2.57. The van der Waals surface area contributed by atoms with Crippen LogP contribution in [0.4, 0.5) is 0 Å². The van der Waals surface area contributed by atoms with E-state index in [4.69, 9.17) is 0 Å². The van der Waals surface area contributed by atoms with Gasteiger partial charge in [0.2, 0.25) is 5.91 Å². The predicted octanol–water partition coefficient (Wildman–Crippen LogP) is 1.32. The fourth-order valence-electron chi connectivity index (χ4n) is 1.99. The van der Waals surface area contributed by atoms with Gasteiger partial charge in [0.05, 0.1) is 5.41 Å². The molecule has 0 aromatic heterocycles. The molecule has 0 saturated carbocycles. The van der Waals surface area contributed by atoms with E-state index in [0.717, 1.165) is 18.4 Å². The summed E-state index contributed by atoms with van der Waals surface area (Å²) >= 11 is 0. The molecule has 2 amide bonds. The average Bonchev–Trinajstić information content (AvgIpc) is 2.16. The van der Waals surface area contributed by atoms with Gasteiger partial charge in [0, 0.05) is 5.57 Å². The second-order valence-electron chi connectivity index (χ2n) is 4.24. The molecule has 3 nitrogen and oxygen atoms in total. The molecule has 1 aliphatic heterocycles. The van der Waals surface area contributed by atoms with Gasteiger partial charge in [-0.3, -0.25) is 14.9 Å². The largest absolute Gasteiger partial charge is 0.292 e. The average molecular weight is 191 g/mol. The second-order valence-corrected chi connectivity index (χ2v) is 4.24. The monoisotopic (exact) mass is 191 g/mol. The maximum atomic E-state index is 11.6. The van der Waals surface area contributed by atoms with Crippen molar-refractivity contribution in [3.8, 4) is 0 Å². The molecule has 2 rings (SSSR count). The number of allylic oxidation sites excluding steroid dienone is 1. The number of rotatable bonds is 0. The smallest absolute Gasteiger partial charge is 0.257 e. The molecule has 1 heterocycles. The Morgan fingerprint density at radius 1 is 1.36 bits per heavy atom. The fraction of sp³-hybridized carbons (Fsp3) is 0.455. The van der Waals surface area contributed by atoms with Crippen molar-refractivity contribution < 1.29 is 9.59 Å². The SMILES string of the molecule is CC1(C)C(=O)NC(=O)C2=C1CCC=C2. The molecule has 74 valence electrons. The van der Waals surface area contributed by atoms with Crippen LogP contribution in [0.5, 0.6) is 0 Å². The minimum atomic E-state index is -0.534. The fourth-order valence-corrected chi connectivity index (χ4v) is 1.99. The van der Waals surface area contributed by atoms with Gasteiger partial charge in [-0.25, -0.2) is 0 Å². The first-order valence-corrected chi connectivity index (χ1v) is 4.79. The van der Waals surface area contributed by atoms with Crippen molar-refractivity contribution in [1.29, 1.82) is 0 Å². The highest BCUT2D eigenvalue weighted by Crippen LogP contribution is 2.37. The van der Waals surface area contributed by atoms with Crippen LogP contribution in [-0.2, 0) is 9.59 Å². The van der Waals surface area contributed by atoms with Gasteiger partial charge in [-0.05, 0) is 32.3 Å². The van der Waals surface area contributed by atoms with Crippen LogP contribution in [0.3, 0.4) is 0 Å². The molecule has 0 spiro atoms. The molecule has 0 unspecified atom stereocenters. The molecule has 0 radical (unpaired) electrons. The minimum absolute atomic E-state index is 0.184. The Bertz CT molecular complexity index is 375. The molecule has 0 fully saturated rings. The molecule has 2 aliphatic rings. The number of imide groups is 1. The summed E-state index contributed by atoms with van der Waals surface area (Å²) in [4.78, 5) is 23.1. The molecular formula is C11H13NO2. The number of hydrogen-bond donors (Lipinski definition) is 1. The topological polar surface area (TPSA) is 46.2 Å². The van der Waals surface area contributed by atoms with Crippen LogP contribution in [0.15, 0.2) is 23.3 Å².